The number of benzene rings is 2. The van der Waals surface area contributed by atoms with Crippen LogP contribution in [0, 0.1) is 30.6 Å². The summed E-state index contributed by atoms with van der Waals surface area (Å²) in [6.45, 7) is 2.03. The molecule has 0 unspecified atom stereocenters. The van der Waals surface area contributed by atoms with Crippen LogP contribution in [0.3, 0.4) is 0 Å². The quantitative estimate of drug-likeness (QED) is 0.777. The van der Waals surface area contributed by atoms with Crippen molar-refractivity contribution in [2.75, 3.05) is 4.90 Å². The first-order chi connectivity index (χ1) is 12.6. The van der Waals surface area contributed by atoms with E-state index in [1.165, 1.54) is 10.5 Å². The summed E-state index contributed by atoms with van der Waals surface area (Å²) in [5, 5.41) is 0. The van der Waals surface area contributed by atoms with Crippen molar-refractivity contribution in [2.24, 2.45) is 23.7 Å². The third-order valence-corrected chi connectivity index (χ3v) is 6.28. The number of amides is 2. The summed E-state index contributed by atoms with van der Waals surface area (Å²) in [5.74, 6) is 2.12. The lowest BCUT2D eigenvalue weighted by molar-refractivity contribution is -0.123. The third-order valence-electron chi connectivity index (χ3n) is 6.28. The Labute approximate surface area is 152 Å². The highest BCUT2D eigenvalue weighted by Crippen LogP contribution is 2.56. The molecule has 2 aromatic rings. The number of imide groups is 1. The van der Waals surface area contributed by atoms with Crippen LogP contribution in [0.1, 0.15) is 24.8 Å². The van der Waals surface area contributed by atoms with Crippen LogP contribution in [0.15, 0.2) is 48.5 Å². The zero-order valence-electron chi connectivity index (χ0n) is 14.7. The predicted molar refractivity (Wildman–Crippen MR) is 98.0 cm³/mol. The maximum absolute atomic E-state index is 12.9. The number of carbonyl (C=O) groups is 2. The second-order valence-electron chi connectivity index (χ2n) is 7.81. The summed E-state index contributed by atoms with van der Waals surface area (Å²) in [6, 6.07) is 15.1. The number of hydrogen-bond acceptors (Lipinski definition) is 3. The zero-order chi connectivity index (χ0) is 17.8. The van der Waals surface area contributed by atoms with E-state index >= 15 is 0 Å². The molecule has 2 aromatic carbocycles. The van der Waals surface area contributed by atoms with Crippen LogP contribution in [0.4, 0.5) is 5.69 Å². The molecule has 4 nitrogen and oxygen atoms in total. The number of ether oxygens (including phenoxy) is 1. The Balaban J connectivity index is 1.37. The normalized spacial score (nSPS) is 29.3. The Morgan fingerprint density at radius 2 is 1.31 bits per heavy atom. The van der Waals surface area contributed by atoms with E-state index in [0.717, 1.165) is 25.0 Å². The van der Waals surface area contributed by atoms with Crippen LogP contribution >= 0.6 is 0 Å². The summed E-state index contributed by atoms with van der Waals surface area (Å²) >= 11 is 0. The Kier molecular flexibility index (Phi) is 3.42. The van der Waals surface area contributed by atoms with Crippen molar-refractivity contribution in [3.05, 3.63) is 54.1 Å². The molecule has 3 fully saturated rings. The largest absolute Gasteiger partial charge is 0.457 e. The molecule has 1 aliphatic heterocycles. The highest BCUT2D eigenvalue weighted by atomic mass is 16.5. The minimum absolute atomic E-state index is 0.000553. The topological polar surface area (TPSA) is 46.6 Å². The summed E-state index contributed by atoms with van der Waals surface area (Å²) in [6.07, 6.45) is 3.26. The molecule has 0 aromatic heterocycles. The Hall–Kier alpha value is -2.62. The van der Waals surface area contributed by atoms with Crippen LogP contribution in [-0.2, 0) is 9.59 Å². The summed E-state index contributed by atoms with van der Waals surface area (Å²) in [4.78, 5) is 27.2. The van der Waals surface area contributed by atoms with Crippen molar-refractivity contribution in [3.8, 4) is 11.5 Å². The second kappa shape index (κ2) is 5.70. The minimum atomic E-state index is -0.0789. The number of anilines is 1. The van der Waals surface area contributed by atoms with Crippen LogP contribution < -0.4 is 9.64 Å². The Morgan fingerprint density at radius 1 is 0.808 bits per heavy atom. The van der Waals surface area contributed by atoms with E-state index in [1.807, 2.05) is 55.5 Å². The molecule has 0 radical (unpaired) electrons. The van der Waals surface area contributed by atoms with Crippen molar-refractivity contribution in [2.45, 2.75) is 26.2 Å². The highest BCUT2D eigenvalue weighted by Gasteiger charge is 2.61. The minimum Gasteiger partial charge on any atom is -0.457 e. The molecule has 1 saturated heterocycles. The fourth-order valence-corrected chi connectivity index (χ4v) is 5.07. The average Bonchev–Trinajstić information content (AvgIpc) is 3.32. The SMILES string of the molecule is Cc1ccc(Oc2ccc(N3C(=O)[C@@H]4[C@H]5CC[C@@H](C5)[C@H]4C3=O)cc2)cc1. The highest BCUT2D eigenvalue weighted by molar-refractivity contribution is 6.22. The maximum Gasteiger partial charge on any atom is 0.237 e. The van der Waals surface area contributed by atoms with E-state index < -0.39 is 0 Å². The fourth-order valence-electron chi connectivity index (χ4n) is 5.07. The first-order valence-electron chi connectivity index (χ1n) is 9.34. The van der Waals surface area contributed by atoms with Gasteiger partial charge in [0.25, 0.3) is 0 Å². The lowest BCUT2D eigenvalue weighted by Gasteiger charge is -2.19. The predicted octanol–water partition coefficient (Wildman–Crippen LogP) is 4.32. The van der Waals surface area contributed by atoms with Gasteiger partial charge in [-0.1, -0.05) is 17.7 Å². The lowest BCUT2D eigenvalue weighted by atomic mass is 9.81. The van der Waals surface area contributed by atoms with Gasteiger partial charge in [0.15, 0.2) is 0 Å². The van der Waals surface area contributed by atoms with Gasteiger partial charge in [0.05, 0.1) is 17.5 Å². The summed E-state index contributed by atoms with van der Waals surface area (Å²) in [5.41, 5.74) is 1.84. The van der Waals surface area contributed by atoms with Gasteiger partial charge in [-0.05, 0) is 74.4 Å². The van der Waals surface area contributed by atoms with E-state index in [-0.39, 0.29) is 23.7 Å². The molecule has 5 rings (SSSR count). The summed E-state index contributed by atoms with van der Waals surface area (Å²) < 4.78 is 5.83. The second-order valence-corrected chi connectivity index (χ2v) is 7.81. The Morgan fingerprint density at radius 3 is 1.85 bits per heavy atom. The van der Waals surface area contributed by atoms with Crippen molar-refractivity contribution < 1.29 is 14.3 Å². The van der Waals surface area contributed by atoms with Crippen molar-refractivity contribution in [3.63, 3.8) is 0 Å². The molecule has 0 N–H and O–H groups in total. The number of aryl methyl sites for hydroxylation is 1. The first kappa shape index (κ1) is 15.6. The molecule has 2 saturated carbocycles. The van der Waals surface area contributed by atoms with Gasteiger partial charge in [0, 0.05) is 0 Å². The van der Waals surface area contributed by atoms with Gasteiger partial charge < -0.3 is 4.74 Å². The van der Waals surface area contributed by atoms with Gasteiger partial charge >= 0.3 is 0 Å². The number of carbonyl (C=O) groups excluding carboxylic acids is 2. The van der Waals surface area contributed by atoms with E-state index in [4.69, 9.17) is 4.74 Å². The average molecular weight is 347 g/mol. The fraction of sp³-hybridized carbons (Fsp3) is 0.364. The van der Waals surface area contributed by atoms with Crippen LogP contribution in [0.2, 0.25) is 0 Å². The molecule has 1 heterocycles. The zero-order valence-corrected chi connectivity index (χ0v) is 14.7. The van der Waals surface area contributed by atoms with Gasteiger partial charge in [-0.25, -0.2) is 0 Å². The summed E-state index contributed by atoms with van der Waals surface area (Å²) in [7, 11) is 0. The van der Waals surface area contributed by atoms with Gasteiger partial charge in [-0.2, -0.15) is 0 Å². The molecule has 2 bridgehead atoms. The number of nitrogens with zero attached hydrogens (tertiary/aromatic N) is 1. The molecule has 4 heteroatoms. The third kappa shape index (κ3) is 2.28. The first-order valence-corrected chi connectivity index (χ1v) is 9.34. The smallest absolute Gasteiger partial charge is 0.237 e. The van der Waals surface area contributed by atoms with Gasteiger partial charge in [-0.15, -0.1) is 0 Å². The molecular weight excluding hydrogens is 326 g/mol. The molecule has 4 atom stereocenters. The van der Waals surface area contributed by atoms with E-state index in [1.54, 1.807) is 0 Å². The Bertz CT molecular complexity index is 843. The van der Waals surface area contributed by atoms with Crippen molar-refractivity contribution in [1.82, 2.24) is 0 Å². The van der Waals surface area contributed by atoms with E-state index in [9.17, 15) is 9.59 Å². The molecule has 3 aliphatic rings. The van der Waals surface area contributed by atoms with Crippen molar-refractivity contribution in [1.29, 1.82) is 0 Å². The van der Waals surface area contributed by atoms with Gasteiger partial charge in [0.1, 0.15) is 11.5 Å². The number of hydrogen-bond donors (Lipinski definition) is 0. The molecule has 26 heavy (non-hydrogen) atoms. The standard InChI is InChI=1S/C22H21NO3/c1-13-2-8-17(9-3-13)26-18-10-6-16(7-11-18)23-21(24)19-14-4-5-15(12-14)20(19)22(23)25/h2-3,6-11,14-15,19-20H,4-5,12H2,1H3/t14-,15-,19+,20+/m0/s1. The molecular formula is C22H21NO3. The maximum atomic E-state index is 12.9. The monoisotopic (exact) mass is 347 g/mol. The molecule has 0 spiro atoms. The van der Waals surface area contributed by atoms with Gasteiger partial charge in [0.2, 0.25) is 11.8 Å². The van der Waals surface area contributed by atoms with Gasteiger partial charge in [-0.3, -0.25) is 14.5 Å². The number of fused-ring (bicyclic) bond motifs is 5. The molecule has 2 amide bonds. The van der Waals surface area contributed by atoms with Crippen LogP contribution in [0.25, 0.3) is 0 Å². The van der Waals surface area contributed by atoms with E-state index in [2.05, 4.69) is 0 Å². The van der Waals surface area contributed by atoms with Crippen LogP contribution in [-0.4, -0.2) is 11.8 Å². The van der Waals surface area contributed by atoms with Crippen molar-refractivity contribution >= 4 is 17.5 Å². The van der Waals surface area contributed by atoms with E-state index in [0.29, 0.717) is 23.3 Å². The lowest BCUT2D eigenvalue weighted by Crippen LogP contribution is -2.32. The molecule has 132 valence electrons. The number of rotatable bonds is 3. The van der Waals surface area contributed by atoms with Crippen LogP contribution in [0.5, 0.6) is 11.5 Å². The molecule has 2 aliphatic carbocycles.